The summed E-state index contributed by atoms with van der Waals surface area (Å²) in [7, 11) is 0. The third-order valence-electron chi connectivity index (χ3n) is 4.97. The van der Waals surface area contributed by atoms with Gasteiger partial charge in [-0.3, -0.25) is 14.4 Å². The first kappa shape index (κ1) is 28.0. The van der Waals surface area contributed by atoms with E-state index in [1.165, 1.54) is 6.92 Å². The van der Waals surface area contributed by atoms with E-state index in [9.17, 15) is 43.6 Å². The number of halogens is 2. The number of carbonyl (C=O) groups excluding carboxylic acids is 2. The summed E-state index contributed by atoms with van der Waals surface area (Å²) in [6, 6.07) is -2.21. The standard InChI is InChI=1S/C17H29F2N3O10/c1-7(14(28)29)22-13(27)8(20)4-2-3-5-21-15(30)16(18,19)17(31)12(26)10(25)11(32-17)9(24)6-23/h7-12,23-26,31H,2-6,20H2,1H3,(H,21,30)(H,22,27)(H,28,29)/t7-,8-,9-,10?,11-,12?,17+/m0/s1. The van der Waals surface area contributed by atoms with Crippen molar-refractivity contribution >= 4 is 17.8 Å². The van der Waals surface area contributed by atoms with Crippen LogP contribution in [0.25, 0.3) is 0 Å². The topological polar surface area (TPSA) is 232 Å². The molecule has 15 heteroatoms. The fourth-order valence-electron chi connectivity index (χ4n) is 2.91. The maximum absolute atomic E-state index is 14.5. The molecule has 7 atom stereocenters. The Morgan fingerprint density at radius 2 is 1.84 bits per heavy atom. The number of carbonyl (C=O) groups is 3. The van der Waals surface area contributed by atoms with Gasteiger partial charge >= 0.3 is 11.9 Å². The van der Waals surface area contributed by atoms with Crippen molar-refractivity contribution in [3.05, 3.63) is 0 Å². The zero-order valence-corrected chi connectivity index (χ0v) is 17.1. The van der Waals surface area contributed by atoms with E-state index in [0.717, 1.165) is 0 Å². The van der Waals surface area contributed by atoms with Crippen molar-refractivity contribution in [2.45, 2.75) is 74.4 Å². The number of unbranched alkanes of at least 4 members (excludes halogenated alkanes) is 1. The average Bonchev–Trinajstić information content (AvgIpc) is 2.97. The van der Waals surface area contributed by atoms with E-state index in [0.29, 0.717) is 0 Å². The lowest BCUT2D eigenvalue weighted by atomic mass is 9.97. The molecule has 1 rings (SSSR count). The van der Waals surface area contributed by atoms with Crippen LogP contribution in [-0.4, -0.2) is 110 Å². The lowest BCUT2D eigenvalue weighted by Crippen LogP contribution is -2.63. The Hall–Kier alpha value is -2.01. The van der Waals surface area contributed by atoms with Crippen LogP contribution in [-0.2, 0) is 19.1 Å². The van der Waals surface area contributed by atoms with Crippen molar-refractivity contribution in [3.63, 3.8) is 0 Å². The number of hydrogen-bond donors (Lipinski definition) is 9. The molecule has 1 fully saturated rings. The number of alkyl halides is 2. The van der Waals surface area contributed by atoms with Gasteiger partial charge in [0.15, 0.2) is 0 Å². The molecule has 1 aliphatic rings. The SMILES string of the molecule is C[C@H](NC(=O)[C@@H](N)CCCCNC(=O)C(F)(F)[C@]1(O)O[C@@H]([C@@H](O)CO)C(O)C1O)C(=O)O. The van der Waals surface area contributed by atoms with Gasteiger partial charge in [-0.05, 0) is 26.2 Å². The van der Waals surface area contributed by atoms with Crippen molar-refractivity contribution in [1.29, 1.82) is 0 Å². The highest BCUT2D eigenvalue weighted by Crippen LogP contribution is 2.42. The Kier molecular flexibility index (Phi) is 9.83. The summed E-state index contributed by atoms with van der Waals surface area (Å²) in [6.07, 6.45) is -8.44. The highest BCUT2D eigenvalue weighted by molar-refractivity contribution is 5.86. The molecule has 0 radical (unpaired) electrons. The minimum absolute atomic E-state index is 0.0586. The van der Waals surface area contributed by atoms with Crippen LogP contribution in [0.2, 0.25) is 0 Å². The molecule has 0 aromatic carbocycles. The summed E-state index contributed by atoms with van der Waals surface area (Å²) in [5.41, 5.74) is 5.60. The maximum atomic E-state index is 14.5. The number of hydrogen-bond acceptors (Lipinski definition) is 10. The highest BCUT2D eigenvalue weighted by Gasteiger charge is 2.71. The molecule has 10 N–H and O–H groups in total. The van der Waals surface area contributed by atoms with Crippen LogP contribution in [0.5, 0.6) is 0 Å². The van der Waals surface area contributed by atoms with E-state index >= 15 is 0 Å². The van der Waals surface area contributed by atoms with Crippen molar-refractivity contribution < 1.29 is 58.5 Å². The first-order valence-electron chi connectivity index (χ1n) is 9.70. The van der Waals surface area contributed by atoms with Gasteiger partial charge in [-0.15, -0.1) is 0 Å². The first-order valence-corrected chi connectivity index (χ1v) is 9.70. The van der Waals surface area contributed by atoms with E-state index in [4.69, 9.17) is 15.9 Å². The Labute approximate surface area is 181 Å². The largest absolute Gasteiger partial charge is 0.480 e. The number of nitrogens with one attached hydrogen (secondary N) is 2. The van der Waals surface area contributed by atoms with E-state index in [2.05, 4.69) is 10.1 Å². The van der Waals surface area contributed by atoms with Crippen LogP contribution >= 0.6 is 0 Å². The summed E-state index contributed by atoms with van der Waals surface area (Å²) in [5.74, 6) is -12.6. The minimum atomic E-state index is -4.75. The van der Waals surface area contributed by atoms with Gasteiger partial charge in [-0.25, -0.2) is 0 Å². The number of aliphatic hydroxyl groups excluding tert-OH is 4. The molecule has 0 spiro atoms. The molecule has 0 bridgehead atoms. The number of ether oxygens (including phenoxy) is 1. The molecule has 0 aromatic heterocycles. The van der Waals surface area contributed by atoms with Gasteiger partial charge < -0.3 is 51.7 Å². The zero-order chi connectivity index (χ0) is 24.9. The predicted octanol–water partition coefficient (Wildman–Crippen LogP) is -4.01. The van der Waals surface area contributed by atoms with Crippen LogP contribution in [0, 0.1) is 0 Å². The van der Waals surface area contributed by atoms with Crippen molar-refractivity contribution in [1.82, 2.24) is 10.6 Å². The van der Waals surface area contributed by atoms with Gasteiger partial charge in [0.05, 0.1) is 12.6 Å². The summed E-state index contributed by atoms with van der Waals surface area (Å²) in [4.78, 5) is 34.3. The number of rotatable bonds is 12. The Morgan fingerprint density at radius 3 is 2.38 bits per heavy atom. The van der Waals surface area contributed by atoms with Crippen molar-refractivity contribution in [3.8, 4) is 0 Å². The predicted molar refractivity (Wildman–Crippen MR) is 100.0 cm³/mol. The molecule has 2 unspecified atom stereocenters. The summed E-state index contributed by atoms with van der Waals surface area (Å²) in [6.45, 7) is -0.128. The molecule has 1 aliphatic heterocycles. The van der Waals surface area contributed by atoms with Gasteiger partial charge in [0.2, 0.25) is 5.91 Å². The molecule has 1 saturated heterocycles. The fourth-order valence-corrected chi connectivity index (χ4v) is 2.91. The van der Waals surface area contributed by atoms with E-state index < -0.39 is 72.6 Å². The van der Waals surface area contributed by atoms with Crippen LogP contribution in [0.1, 0.15) is 26.2 Å². The van der Waals surface area contributed by atoms with Crippen molar-refractivity contribution in [2.75, 3.05) is 13.2 Å². The second-order valence-corrected chi connectivity index (χ2v) is 7.47. The Bertz CT molecular complexity index is 685. The quantitative estimate of drug-likeness (QED) is 0.124. The fraction of sp³-hybridized carbons (Fsp3) is 0.824. The van der Waals surface area contributed by atoms with E-state index in [1.54, 1.807) is 0 Å². The Balaban J connectivity index is 2.55. The second kappa shape index (κ2) is 11.2. The number of carboxylic acids is 1. The van der Waals surface area contributed by atoms with Gasteiger partial charge in [-0.1, -0.05) is 0 Å². The van der Waals surface area contributed by atoms with Gasteiger partial charge in [-0.2, -0.15) is 8.78 Å². The normalized spacial score (nSPS) is 28.6. The number of aliphatic carboxylic acids is 1. The third kappa shape index (κ3) is 6.06. The molecule has 1 heterocycles. The molecule has 0 aromatic rings. The molecule has 186 valence electrons. The van der Waals surface area contributed by atoms with Gasteiger partial charge in [0.25, 0.3) is 11.7 Å². The highest BCUT2D eigenvalue weighted by atomic mass is 19.3. The van der Waals surface area contributed by atoms with E-state index in [-0.39, 0.29) is 25.8 Å². The number of aliphatic hydroxyl groups is 5. The van der Waals surface area contributed by atoms with Crippen molar-refractivity contribution in [2.24, 2.45) is 5.73 Å². The maximum Gasteiger partial charge on any atom is 0.379 e. The smallest absolute Gasteiger partial charge is 0.379 e. The third-order valence-corrected chi connectivity index (χ3v) is 4.97. The van der Waals surface area contributed by atoms with Gasteiger partial charge in [0.1, 0.15) is 30.5 Å². The first-order chi connectivity index (χ1) is 14.7. The van der Waals surface area contributed by atoms with E-state index in [1.807, 2.05) is 5.32 Å². The van der Waals surface area contributed by atoms with Crippen LogP contribution in [0.3, 0.4) is 0 Å². The Morgan fingerprint density at radius 1 is 1.25 bits per heavy atom. The minimum Gasteiger partial charge on any atom is -0.480 e. The number of carboxylic acid groups (broad SMARTS) is 1. The van der Waals surface area contributed by atoms with Crippen LogP contribution in [0.4, 0.5) is 8.78 Å². The summed E-state index contributed by atoms with van der Waals surface area (Å²) < 4.78 is 33.4. The van der Waals surface area contributed by atoms with Crippen LogP contribution in [0.15, 0.2) is 0 Å². The zero-order valence-electron chi connectivity index (χ0n) is 17.1. The molecular formula is C17H29F2N3O10. The second-order valence-electron chi connectivity index (χ2n) is 7.47. The van der Waals surface area contributed by atoms with Gasteiger partial charge in [0, 0.05) is 6.54 Å². The molecule has 13 nitrogen and oxygen atoms in total. The molecule has 2 amide bonds. The summed E-state index contributed by atoms with van der Waals surface area (Å²) in [5, 5.41) is 60.6. The molecular weight excluding hydrogens is 444 g/mol. The average molecular weight is 473 g/mol. The number of nitrogens with two attached hydrogens (primary N) is 1. The monoisotopic (exact) mass is 473 g/mol. The molecule has 0 aliphatic carbocycles. The molecule has 0 saturated carbocycles. The lowest BCUT2D eigenvalue weighted by Gasteiger charge is -2.33. The van der Waals surface area contributed by atoms with Crippen LogP contribution < -0.4 is 16.4 Å². The lowest BCUT2D eigenvalue weighted by molar-refractivity contribution is -0.325. The molecule has 32 heavy (non-hydrogen) atoms. The number of amides is 2. The summed E-state index contributed by atoms with van der Waals surface area (Å²) >= 11 is 0.